The van der Waals surface area contributed by atoms with E-state index in [1.165, 1.54) is 0 Å². The molecule has 2 N–H and O–H groups in total. The predicted octanol–water partition coefficient (Wildman–Crippen LogP) is 3.14. The molecule has 1 aromatic rings. The van der Waals surface area contributed by atoms with Crippen molar-refractivity contribution in [2.75, 3.05) is 30.3 Å². The normalized spacial score (nSPS) is 11.5. The lowest BCUT2D eigenvalue weighted by molar-refractivity contribution is 0.182. The summed E-state index contributed by atoms with van der Waals surface area (Å²) in [6.45, 7) is 15.9. The zero-order valence-corrected chi connectivity index (χ0v) is 14.4. The highest BCUT2D eigenvalue weighted by Gasteiger charge is 2.12. The van der Waals surface area contributed by atoms with Gasteiger partial charge in [-0.1, -0.05) is 6.92 Å². The van der Waals surface area contributed by atoms with E-state index in [1.54, 1.807) is 0 Å². The summed E-state index contributed by atoms with van der Waals surface area (Å²) < 4.78 is 0. The van der Waals surface area contributed by atoms with Gasteiger partial charge in [0.25, 0.3) is 0 Å². The topological polar surface area (TPSA) is 53.1 Å². The van der Waals surface area contributed by atoms with E-state index >= 15 is 0 Å². The minimum Gasteiger partial charge on any atom is -0.368 e. The molecular formula is C16H31N5. The minimum absolute atomic E-state index is 0.556. The summed E-state index contributed by atoms with van der Waals surface area (Å²) >= 11 is 0. The highest BCUT2D eigenvalue weighted by molar-refractivity contribution is 5.46. The number of anilines is 2. The Kier molecular flexibility index (Phi) is 7.43. The number of aryl methyl sites for hydroxylation is 1. The van der Waals surface area contributed by atoms with E-state index in [4.69, 9.17) is 0 Å². The van der Waals surface area contributed by atoms with E-state index in [0.717, 1.165) is 37.4 Å². The maximum Gasteiger partial charge on any atom is 0.224 e. The van der Waals surface area contributed by atoms with Crippen LogP contribution in [0.1, 0.15) is 46.6 Å². The summed E-state index contributed by atoms with van der Waals surface area (Å²) in [5, 5.41) is 6.66. The van der Waals surface area contributed by atoms with Gasteiger partial charge in [-0.3, -0.25) is 4.90 Å². The number of hydrogen-bond acceptors (Lipinski definition) is 5. The van der Waals surface area contributed by atoms with Crippen molar-refractivity contribution >= 4 is 11.8 Å². The standard InChI is InChI=1S/C16H31N5/c1-7-8-18-16-19-11-14(6)15(20-16)17-9-10-21(12(2)3)13(4)5/h11-13H,7-10H2,1-6H3,(H2,17,18,19,20). The van der Waals surface area contributed by atoms with Crippen LogP contribution in [-0.2, 0) is 0 Å². The van der Waals surface area contributed by atoms with Gasteiger partial charge in [0.05, 0.1) is 0 Å². The van der Waals surface area contributed by atoms with E-state index in [-0.39, 0.29) is 0 Å². The number of hydrogen-bond donors (Lipinski definition) is 2. The molecule has 1 heterocycles. The van der Waals surface area contributed by atoms with Gasteiger partial charge in [-0.15, -0.1) is 0 Å². The van der Waals surface area contributed by atoms with Gasteiger partial charge in [-0.2, -0.15) is 4.98 Å². The Morgan fingerprint density at radius 2 is 1.76 bits per heavy atom. The lowest BCUT2D eigenvalue weighted by atomic mass is 10.2. The zero-order valence-electron chi connectivity index (χ0n) is 14.4. The van der Waals surface area contributed by atoms with Crippen LogP contribution in [0.2, 0.25) is 0 Å². The Morgan fingerprint density at radius 1 is 1.10 bits per heavy atom. The third kappa shape index (κ3) is 5.87. The minimum atomic E-state index is 0.556. The molecule has 21 heavy (non-hydrogen) atoms. The Labute approximate surface area is 129 Å². The number of aromatic nitrogens is 2. The molecule has 0 aliphatic heterocycles. The molecule has 0 amide bonds. The van der Waals surface area contributed by atoms with Crippen molar-refractivity contribution in [1.29, 1.82) is 0 Å². The molecule has 0 radical (unpaired) electrons. The molecular weight excluding hydrogens is 262 g/mol. The van der Waals surface area contributed by atoms with Gasteiger partial charge in [0.1, 0.15) is 5.82 Å². The largest absolute Gasteiger partial charge is 0.368 e. The van der Waals surface area contributed by atoms with Gasteiger partial charge in [-0.05, 0) is 41.0 Å². The lowest BCUT2D eigenvalue weighted by Gasteiger charge is -2.30. The fourth-order valence-electron chi connectivity index (χ4n) is 2.36. The van der Waals surface area contributed by atoms with Crippen molar-refractivity contribution < 1.29 is 0 Å². The molecule has 0 atom stereocenters. The number of nitrogens with one attached hydrogen (secondary N) is 2. The molecule has 1 rings (SSSR count). The predicted molar refractivity (Wildman–Crippen MR) is 91.0 cm³/mol. The van der Waals surface area contributed by atoms with Gasteiger partial charge in [0.2, 0.25) is 5.95 Å². The first-order valence-electron chi connectivity index (χ1n) is 8.02. The van der Waals surface area contributed by atoms with Crippen LogP contribution in [0.15, 0.2) is 6.20 Å². The highest BCUT2D eigenvalue weighted by Crippen LogP contribution is 2.12. The molecule has 0 fully saturated rings. The maximum atomic E-state index is 4.54. The first-order valence-corrected chi connectivity index (χ1v) is 8.02. The summed E-state index contributed by atoms with van der Waals surface area (Å²) in [5.74, 6) is 1.63. The van der Waals surface area contributed by atoms with Crippen molar-refractivity contribution in [3.63, 3.8) is 0 Å². The Morgan fingerprint density at radius 3 is 2.33 bits per heavy atom. The van der Waals surface area contributed by atoms with E-state index in [1.807, 2.05) is 13.1 Å². The molecule has 0 aliphatic rings. The average molecular weight is 293 g/mol. The molecule has 0 aliphatic carbocycles. The Balaban J connectivity index is 2.57. The molecule has 0 aromatic carbocycles. The molecule has 0 bridgehead atoms. The van der Waals surface area contributed by atoms with Crippen LogP contribution >= 0.6 is 0 Å². The molecule has 0 saturated heterocycles. The van der Waals surface area contributed by atoms with Crippen molar-refractivity contribution in [2.45, 2.75) is 60.0 Å². The second-order valence-electron chi connectivity index (χ2n) is 6.00. The van der Waals surface area contributed by atoms with E-state index < -0.39 is 0 Å². The fourth-order valence-corrected chi connectivity index (χ4v) is 2.36. The zero-order chi connectivity index (χ0) is 15.8. The quantitative estimate of drug-likeness (QED) is 0.732. The molecule has 0 spiro atoms. The molecule has 0 unspecified atom stereocenters. The van der Waals surface area contributed by atoms with Gasteiger partial charge < -0.3 is 10.6 Å². The maximum absolute atomic E-state index is 4.54. The summed E-state index contributed by atoms with van der Waals surface area (Å²) in [7, 11) is 0. The van der Waals surface area contributed by atoms with Gasteiger partial charge >= 0.3 is 0 Å². The van der Waals surface area contributed by atoms with E-state index in [0.29, 0.717) is 18.0 Å². The number of nitrogens with zero attached hydrogens (tertiary/aromatic N) is 3. The second-order valence-corrected chi connectivity index (χ2v) is 6.00. The van der Waals surface area contributed by atoms with Crippen LogP contribution in [0, 0.1) is 6.92 Å². The van der Waals surface area contributed by atoms with Crippen LogP contribution in [0.3, 0.4) is 0 Å². The van der Waals surface area contributed by atoms with Gasteiger partial charge in [0, 0.05) is 43.5 Å². The summed E-state index contributed by atoms with van der Waals surface area (Å²) in [4.78, 5) is 11.3. The molecule has 0 saturated carbocycles. The van der Waals surface area contributed by atoms with Crippen molar-refractivity contribution in [2.24, 2.45) is 0 Å². The van der Waals surface area contributed by atoms with Crippen molar-refractivity contribution in [3.05, 3.63) is 11.8 Å². The molecule has 5 nitrogen and oxygen atoms in total. The molecule has 120 valence electrons. The molecule has 5 heteroatoms. The lowest BCUT2D eigenvalue weighted by Crippen LogP contribution is -2.40. The highest BCUT2D eigenvalue weighted by atomic mass is 15.2. The van der Waals surface area contributed by atoms with Gasteiger partial charge in [-0.25, -0.2) is 4.98 Å². The van der Waals surface area contributed by atoms with Crippen LogP contribution in [0.5, 0.6) is 0 Å². The molecule has 1 aromatic heterocycles. The smallest absolute Gasteiger partial charge is 0.224 e. The third-order valence-electron chi connectivity index (χ3n) is 3.49. The van der Waals surface area contributed by atoms with E-state index in [2.05, 4.69) is 60.1 Å². The summed E-state index contributed by atoms with van der Waals surface area (Å²) in [6, 6.07) is 1.11. The SMILES string of the molecule is CCCNc1ncc(C)c(NCCN(C(C)C)C(C)C)n1. The summed E-state index contributed by atoms with van der Waals surface area (Å²) in [6.07, 6.45) is 2.94. The van der Waals surface area contributed by atoms with Crippen molar-refractivity contribution in [1.82, 2.24) is 14.9 Å². The van der Waals surface area contributed by atoms with Crippen LogP contribution in [0.4, 0.5) is 11.8 Å². The number of rotatable bonds is 9. The second kappa shape index (κ2) is 8.82. The average Bonchev–Trinajstić information content (AvgIpc) is 2.42. The summed E-state index contributed by atoms with van der Waals surface area (Å²) in [5.41, 5.74) is 1.08. The van der Waals surface area contributed by atoms with Crippen molar-refractivity contribution in [3.8, 4) is 0 Å². The third-order valence-corrected chi connectivity index (χ3v) is 3.49. The first kappa shape index (κ1) is 17.7. The monoisotopic (exact) mass is 293 g/mol. The Bertz CT molecular complexity index is 409. The van der Waals surface area contributed by atoms with Gasteiger partial charge in [0.15, 0.2) is 0 Å². The van der Waals surface area contributed by atoms with E-state index in [9.17, 15) is 0 Å². The van der Waals surface area contributed by atoms with Crippen LogP contribution < -0.4 is 10.6 Å². The Hall–Kier alpha value is -1.36. The first-order chi connectivity index (χ1) is 9.95. The van der Waals surface area contributed by atoms with Crippen LogP contribution in [0.25, 0.3) is 0 Å². The fraction of sp³-hybridized carbons (Fsp3) is 0.750. The van der Waals surface area contributed by atoms with Crippen LogP contribution in [-0.4, -0.2) is 46.6 Å².